The lowest BCUT2D eigenvalue weighted by Gasteiger charge is -1.80. The smallest absolute Gasteiger partial charge is 0.327 e. The van der Waals surface area contributed by atoms with E-state index in [1.54, 1.807) is 0 Å². The van der Waals surface area contributed by atoms with E-state index in [1.807, 2.05) is 0 Å². The van der Waals surface area contributed by atoms with Crippen molar-refractivity contribution in [2.75, 3.05) is 0 Å². The Morgan fingerprint density at radius 2 is 2.36 bits per heavy atom. The van der Waals surface area contributed by atoms with Gasteiger partial charge in [-0.3, -0.25) is 4.79 Å². The second-order valence-electron chi connectivity index (χ2n) is 1.55. The molecule has 0 aliphatic rings. The largest absolute Gasteiger partial charge is 0.340 e. The molecule has 0 aliphatic carbocycles. The zero-order valence-corrected chi connectivity index (χ0v) is 6.00. The minimum Gasteiger partial charge on any atom is -0.340 e. The summed E-state index contributed by atoms with van der Waals surface area (Å²) in [5, 5.41) is 0. The highest BCUT2D eigenvalue weighted by atomic mass is 32.2. The quantitative estimate of drug-likeness (QED) is 0.626. The second-order valence-corrected chi connectivity index (χ2v) is 2.17. The van der Waals surface area contributed by atoms with Gasteiger partial charge in [-0.05, 0) is 0 Å². The number of amides is 1. The molecule has 1 rings (SSSR count). The molecule has 0 bridgehead atoms. The first kappa shape index (κ1) is 7.61. The average Bonchev–Trinajstić information content (AvgIpc) is 2.35. The summed E-state index contributed by atoms with van der Waals surface area (Å²) >= 11 is 0. The molecule has 0 fully saturated rings. The highest BCUT2D eigenvalue weighted by Crippen LogP contribution is 1.90. The van der Waals surface area contributed by atoms with Crippen LogP contribution in [-0.4, -0.2) is 24.3 Å². The number of rotatable bonds is 1. The predicted octanol–water partition coefficient (Wildman–Crippen LogP) is -0.387. The van der Waals surface area contributed by atoms with Gasteiger partial charge < -0.3 is 4.98 Å². The second kappa shape index (κ2) is 3.06. The van der Waals surface area contributed by atoms with E-state index in [0.717, 1.165) is 0 Å². The van der Waals surface area contributed by atoms with E-state index < -0.39 is 16.4 Å². The number of nitrogens with one attached hydrogen (secondary N) is 1. The molecule has 0 aliphatic heterocycles. The number of hydrogen-bond acceptors (Lipinski definition) is 4. The van der Waals surface area contributed by atoms with Crippen molar-refractivity contribution in [2.24, 2.45) is 4.36 Å². The van der Waals surface area contributed by atoms with Crippen molar-refractivity contribution < 1.29 is 13.2 Å². The van der Waals surface area contributed by atoms with Gasteiger partial charge in [0.25, 0.3) is 0 Å². The lowest BCUT2D eigenvalue weighted by molar-refractivity contribution is 0.0996. The highest BCUT2D eigenvalue weighted by molar-refractivity contribution is 7.62. The van der Waals surface area contributed by atoms with Crippen LogP contribution in [0.15, 0.2) is 16.8 Å². The van der Waals surface area contributed by atoms with Crippen LogP contribution in [0.25, 0.3) is 0 Å². The molecule has 0 atom stereocenters. The summed E-state index contributed by atoms with van der Waals surface area (Å²) in [5.41, 5.74) is 0. The SMILES string of the molecule is O=C(N=S(=O)=O)c1ncc[nH]1. The predicted molar refractivity (Wildman–Crippen MR) is 34.3 cm³/mol. The van der Waals surface area contributed by atoms with Gasteiger partial charge in [0.1, 0.15) is 0 Å². The molecule has 0 unspecified atom stereocenters. The first-order chi connectivity index (χ1) is 5.20. The number of hydrogen-bond donors (Lipinski definition) is 1. The Kier molecular flexibility index (Phi) is 2.12. The van der Waals surface area contributed by atoms with Crippen LogP contribution >= 0.6 is 0 Å². The van der Waals surface area contributed by atoms with Gasteiger partial charge in [-0.2, -0.15) is 8.42 Å². The van der Waals surface area contributed by atoms with Gasteiger partial charge in [-0.25, -0.2) is 4.98 Å². The minimum absolute atomic E-state index is 0.0887. The molecule has 6 nitrogen and oxygen atoms in total. The van der Waals surface area contributed by atoms with E-state index in [4.69, 9.17) is 0 Å². The van der Waals surface area contributed by atoms with Crippen molar-refractivity contribution >= 4 is 16.4 Å². The number of imidazole rings is 1. The molecule has 58 valence electrons. The summed E-state index contributed by atoms with van der Waals surface area (Å²) in [7, 11) is -2.71. The van der Waals surface area contributed by atoms with Crippen LogP contribution in [0.5, 0.6) is 0 Å². The molecule has 1 amide bonds. The minimum atomic E-state index is -2.71. The Labute approximate surface area is 63.0 Å². The van der Waals surface area contributed by atoms with Crippen molar-refractivity contribution in [3.63, 3.8) is 0 Å². The van der Waals surface area contributed by atoms with Crippen LogP contribution in [0.3, 0.4) is 0 Å². The normalized spacial score (nSPS) is 9.09. The Morgan fingerprint density at radius 1 is 1.64 bits per heavy atom. The maximum atomic E-state index is 10.7. The summed E-state index contributed by atoms with van der Waals surface area (Å²) in [6.45, 7) is 0. The van der Waals surface area contributed by atoms with Crippen molar-refractivity contribution in [2.45, 2.75) is 0 Å². The summed E-state index contributed by atoms with van der Waals surface area (Å²) in [4.78, 5) is 16.6. The molecular formula is C4H3N3O3S. The summed E-state index contributed by atoms with van der Waals surface area (Å²) in [6, 6.07) is 0. The monoisotopic (exact) mass is 173 g/mol. The van der Waals surface area contributed by atoms with E-state index in [0.29, 0.717) is 0 Å². The third-order valence-electron chi connectivity index (χ3n) is 0.858. The third kappa shape index (κ3) is 1.97. The number of H-pyrrole nitrogens is 1. The topological polar surface area (TPSA) is 92.2 Å². The van der Waals surface area contributed by atoms with Crippen molar-refractivity contribution in [1.29, 1.82) is 0 Å². The van der Waals surface area contributed by atoms with Gasteiger partial charge in [0.2, 0.25) is 0 Å². The molecule has 1 aromatic rings. The fraction of sp³-hybridized carbons (Fsp3) is 0. The summed E-state index contributed by atoms with van der Waals surface area (Å²) in [5.74, 6) is -0.988. The lowest BCUT2D eigenvalue weighted by atomic mass is 10.6. The van der Waals surface area contributed by atoms with Gasteiger partial charge in [-0.15, -0.1) is 0 Å². The zero-order valence-electron chi connectivity index (χ0n) is 5.18. The fourth-order valence-corrected chi connectivity index (χ4v) is 0.715. The Morgan fingerprint density at radius 3 is 2.82 bits per heavy atom. The van der Waals surface area contributed by atoms with Crippen LogP contribution in [0.2, 0.25) is 0 Å². The highest BCUT2D eigenvalue weighted by Gasteiger charge is 2.05. The van der Waals surface area contributed by atoms with Crippen LogP contribution in [0, 0.1) is 0 Å². The molecule has 0 aromatic carbocycles. The van der Waals surface area contributed by atoms with Crippen LogP contribution in [0.1, 0.15) is 10.6 Å². The summed E-state index contributed by atoms with van der Waals surface area (Å²) in [6.07, 6.45) is 2.73. The lowest BCUT2D eigenvalue weighted by Crippen LogP contribution is -1.96. The number of carbonyl (C=O) groups excluding carboxylic acids is 1. The zero-order chi connectivity index (χ0) is 8.27. The first-order valence-corrected chi connectivity index (χ1v) is 3.58. The van der Waals surface area contributed by atoms with E-state index in [-0.39, 0.29) is 5.82 Å². The van der Waals surface area contributed by atoms with Crippen LogP contribution < -0.4 is 0 Å². The van der Waals surface area contributed by atoms with Crippen molar-refractivity contribution in [1.82, 2.24) is 9.97 Å². The van der Waals surface area contributed by atoms with Gasteiger partial charge in [0.05, 0.1) is 0 Å². The van der Waals surface area contributed by atoms with Gasteiger partial charge in [-0.1, -0.05) is 4.36 Å². The molecule has 1 N–H and O–H groups in total. The molecule has 11 heavy (non-hydrogen) atoms. The molecule has 0 spiro atoms. The van der Waals surface area contributed by atoms with E-state index >= 15 is 0 Å². The van der Waals surface area contributed by atoms with E-state index in [2.05, 4.69) is 14.3 Å². The van der Waals surface area contributed by atoms with Crippen LogP contribution in [0.4, 0.5) is 0 Å². The van der Waals surface area contributed by atoms with Gasteiger partial charge in [0, 0.05) is 12.4 Å². The molecule has 0 radical (unpaired) electrons. The van der Waals surface area contributed by atoms with Crippen molar-refractivity contribution in [3.8, 4) is 0 Å². The molecule has 0 saturated carbocycles. The average molecular weight is 173 g/mol. The first-order valence-electron chi connectivity index (χ1n) is 2.55. The molecule has 1 heterocycles. The molecular weight excluding hydrogens is 170 g/mol. The number of aromatic amines is 1. The Balaban J connectivity index is 2.97. The standard InChI is InChI=1S/C4H3N3O3S/c8-4(7-11(9)10)3-5-1-2-6-3/h1-2H,(H,5,6). The maximum Gasteiger partial charge on any atom is 0.327 e. The van der Waals surface area contributed by atoms with Gasteiger partial charge >= 0.3 is 16.4 Å². The Bertz CT molecular complexity index is 369. The molecule has 0 saturated heterocycles. The van der Waals surface area contributed by atoms with E-state index in [1.165, 1.54) is 12.4 Å². The van der Waals surface area contributed by atoms with Crippen LogP contribution in [-0.2, 0) is 10.5 Å². The molecule has 7 heteroatoms. The van der Waals surface area contributed by atoms with Crippen molar-refractivity contribution in [3.05, 3.63) is 18.2 Å². The number of nitrogens with zero attached hydrogens (tertiary/aromatic N) is 2. The third-order valence-corrected chi connectivity index (χ3v) is 1.17. The number of aromatic nitrogens is 2. The Hall–Kier alpha value is -1.50. The van der Waals surface area contributed by atoms with E-state index in [9.17, 15) is 13.2 Å². The summed E-state index contributed by atoms with van der Waals surface area (Å²) < 4.78 is 22.5. The number of carbonyl (C=O) groups is 1. The van der Waals surface area contributed by atoms with Gasteiger partial charge in [0.15, 0.2) is 5.82 Å². The molecule has 1 aromatic heterocycles. The fourth-order valence-electron chi connectivity index (χ4n) is 0.493. The maximum absolute atomic E-state index is 10.7.